The Bertz CT molecular complexity index is 698. The number of ketones is 1. The topological polar surface area (TPSA) is 76.4 Å². The van der Waals surface area contributed by atoms with Crippen molar-refractivity contribution in [2.75, 3.05) is 7.05 Å². The smallest absolute Gasteiger partial charge is 0.274 e. The highest BCUT2D eigenvalue weighted by molar-refractivity contribution is 7.89. The molecule has 0 saturated carbocycles. The highest BCUT2D eigenvalue weighted by atomic mass is 32.2. The Hall–Kier alpha value is -1.92. The molecule has 0 fully saturated rings. The molecule has 0 spiro atoms. The molecule has 0 saturated heterocycles. The van der Waals surface area contributed by atoms with Gasteiger partial charge in [0, 0.05) is 11.1 Å². The predicted molar refractivity (Wildman–Crippen MR) is 70.4 cm³/mol. The molecule has 6 heteroatoms. The molecule has 1 aromatic heterocycles. The third-order valence-electron chi connectivity index (χ3n) is 2.74. The average molecular weight is 279 g/mol. The van der Waals surface area contributed by atoms with Crippen molar-refractivity contribution in [2.24, 2.45) is 0 Å². The summed E-state index contributed by atoms with van der Waals surface area (Å²) in [5.74, 6) is -0.0400. The summed E-state index contributed by atoms with van der Waals surface area (Å²) >= 11 is 0. The zero-order valence-corrected chi connectivity index (χ0v) is 11.3. The lowest BCUT2D eigenvalue weighted by Gasteiger charge is -2.04. The normalized spacial score (nSPS) is 11.5. The molecule has 0 amide bonds. The van der Waals surface area contributed by atoms with Crippen molar-refractivity contribution in [3.63, 3.8) is 0 Å². The summed E-state index contributed by atoms with van der Waals surface area (Å²) in [6.45, 7) is 1.48. The summed E-state index contributed by atoms with van der Waals surface area (Å²) in [6.07, 6.45) is 1.32. The molecule has 1 aromatic carbocycles. The minimum atomic E-state index is -3.64. The Morgan fingerprint density at radius 2 is 1.79 bits per heavy atom. The van der Waals surface area contributed by atoms with Crippen molar-refractivity contribution in [2.45, 2.75) is 12.0 Å². The van der Waals surface area contributed by atoms with Gasteiger partial charge in [-0.3, -0.25) is 4.79 Å². The third-order valence-corrected chi connectivity index (χ3v) is 4.09. The van der Waals surface area contributed by atoms with E-state index in [4.69, 9.17) is 4.42 Å². The van der Waals surface area contributed by atoms with Crippen LogP contribution in [0.1, 0.15) is 17.3 Å². The fraction of sp³-hybridized carbons (Fsp3) is 0.154. The second-order valence-electron chi connectivity index (χ2n) is 3.96. The Morgan fingerprint density at radius 3 is 2.32 bits per heavy atom. The molecular weight excluding hydrogens is 266 g/mol. The summed E-state index contributed by atoms with van der Waals surface area (Å²) in [6, 6.07) is 8.26. The first-order valence-corrected chi connectivity index (χ1v) is 7.06. The first kappa shape index (κ1) is 13.5. The van der Waals surface area contributed by atoms with Crippen LogP contribution in [0, 0.1) is 0 Å². The van der Waals surface area contributed by atoms with Crippen LogP contribution in [-0.4, -0.2) is 21.2 Å². The van der Waals surface area contributed by atoms with E-state index in [0.717, 1.165) is 0 Å². The largest absolute Gasteiger partial charge is 0.451 e. The van der Waals surface area contributed by atoms with Crippen molar-refractivity contribution in [1.29, 1.82) is 0 Å². The summed E-state index contributed by atoms with van der Waals surface area (Å²) in [5, 5.41) is -0.134. The number of carbonyl (C=O) groups excluding carboxylic acids is 1. The average Bonchev–Trinajstić information content (AvgIpc) is 2.89. The van der Waals surface area contributed by atoms with E-state index in [1.165, 1.54) is 20.2 Å². The predicted octanol–water partition coefficient (Wildman–Crippen LogP) is 2.06. The van der Waals surface area contributed by atoms with Crippen LogP contribution in [-0.2, 0) is 10.0 Å². The zero-order chi connectivity index (χ0) is 14.0. The van der Waals surface area contributed by atoms with Gasteiger partial charge in [-0.15, -0.1) is 0 Å². The molecule has 2 rings (SSSR count). The highest BCUT2D eigenvalue weighted by Gasteiger charge is 2.21. The molecule has 0 aliphatic carbocycles. The number of nitrogens with one attached hydrogen (secondary N) is 1. The second-order valence-corrected chi connectivity index (χ2v) is 5.75. The molecule has 0 aliphatic rings. The van der Waals surface area contributed by atoms with E-state index in [0.29, 0.717) is 16.7 Å². The Morgan fingerprint density at radius 1 is 1.16 bits per heavy atom. The van der Waals surface area contributed by atoms with E-state index in [2.05, 4.69) is 4.72 Å². The van der Waals surface area contributed by atoms with Gasteiger partial charge in [0.05, 0.1) is 6.26 Å². The van der Waals surface area contributed by atoms with Crippen LogP contribution in [0.25, 0.3) is 11.1 Å². The van der Waals surface area contributed by atoms with Gasteiger partial charge in [-0.25, -0.2) is 13.1 Å². The van der Waals surface area contributed by atoms with Crippen molar-refractivity contribution in [3.8, 4) is 11.1 Å². The molecule has 5 nitrogen and oxygen atoms in total. The number of rotatable bonds is 4. The monoisotopic (exact) mass is 279 g/mol. The fourth-order valence-electron chi connectivity index (χ4n) is 1.69. The van der Waals surface area contributed by atoms with E-state index >= 15 is 0 Å². The Kier molecular flexibility index (Phi) is 3.55. The van der Waals surface area contributed by atoms with Gasteiger partial charge in [-0.05, 0) is 25.6 Å². The van der Waals surface area contributed by atoms with Gasteiger partial charge >= 0.3 is 0 Å². The number of furan rings is 1. The van der Waals surface area contributed by atoms with E-state index < -0.39 is 10.0 Å². The van der Waals surface area contributed by atoms with Gasteiger partial charge in [0.2, 0.25) is 5.09 Å². The standard InChI is InChI=1S/C13H13NO4S/c1-9(15)10-3-5-11(6-4-10)12-7-8-18-13(12)19(16,17)14-2/h3-8,14H,1-2H3. The lowest BCUT2D eigenvalue weighted by atomic mass is 10.1. The molecule has 2 aromatic rings. The van der Waals surface area contributed by atoms with Crippen LogP contribution >= 0.6 is 0 Å². The maximum absolute atomic E-state index is 11.8. The SMILES string of the molecule is CNS(=O)(=O)c1occc1-c1ccc(C(C)=O)cc1. The maximum Gasteiger partial charge on any atom is 0.274 e. The minimum Gasteiger partial charge on any atom is -0.451 e. The summed E-state index contributed by atoms with van der Waals surface area (Å²) in [4.78, 5) is 11.2. The first-order chi connectivity index (χ1) is 8.95. The van der Waals surface area contributed by atoms with Crippen LogP contribution in [0.15, 0.2) is 46.1 Å². The Labute approximate surface area is 111 Å². The van der Waals surface area contributed by atoms with Crippen LogP contribution in [0.3, 0.4) is 0 Å². The molecule has 19 heavy (non-hydrogen) atoms. The quantitative estimate of drug-likeness (QED) is 0.869. The summed E-state index contributed by atoms with van der Waals surface area (Å²) < 4.78 is 30.8. The molecule has 1 heterocycles. The fourth-order valence-corrected chi connectivity index (χ4v) is 2.54. The molecule has 0 radical (unpaired) electrons. The number of benzene rings is 1. The molecule has 0 bridgehead atoms. The number of Topliss-reactive ketones (excluding diaryl/α,β-unsaturated/α-hetero) is 1. The molecule has 100 valence electrons. The van der Waals surface area contributed by atoms with E-state index in [1.807, 2.05) is 0 Å². The number of sulfonamides is 1. The molecule has 0 atom stereocenters. The van der Waals surface area contributed by atoms with Crippen molar-refractivity contribution >= 4 is 15.8 Å². The molecule has 0 aliphatic heterocycles. The van der Waals surface area contributed by atoms with Gasteiger partial charge in [-0.2, -0.15) is 0 Å². The number of hydrogen-bond donors (Lipinski definition) is 1. The molecule has 1 N–H and O–H groups in total. The highest BCUT2D eigenvalue weighted by Crippen LogP contribution is 2.28. The van der Waals surface area contributed by atoms with Crippen molar-refractivity contribution < 1.29 is 17.6 Å². The van der Waals surface area contributed by atoms with Crippen LogP contribution < -0.4 is 4.72 Å². The lowest BCUT2D eigenvalue weighted by molar-refractivity contribution is 0.101. The zero-order valence-electron chi connectivity index (χ0n) is 10.5. The van der Waals surface area contributed by atoms with Crippen molar-refractivity contribution in [1.82, 2.24) is 4.72 Å². The van der Waals surface area contributed by atoms with Gasteiger partial charge in [0.1, 0.15) is 0 Å². The molecule has 0 unspecified atom stereocenters. The van der Waals surface area contributed by atoms with Crippen molar-refractivity contribution in [3.05, 3.63) is 42.2 Å². The summed E-state index contributed by atoms with van der Waals surface area (Å²) in [5.41, 5.74) is 1.71. The maximum atomic E-state index is 11.8. The third kappa shape index (κ3) is 2.59. The summed E-state index contributed by atoms with van der Waals surface area (Å²) in [7, 11) is -2.32. The van der Waals surface area contributed by atoms with Gasteiger partial charge in [0.15, 0.2) is 5.78 Å². The second kappa shape index (κ2) is 4.99. The number of hydrogen-bond acceptors (Lipinski definition) is 4. The van der Waals surface area contributed by atoms with E-state index in [-0.39, 0.29) is 10.9 Å². The van der Waals surface area contributed by atoms with Gasteiger partial charge < -0.3 is 4.42 Å². The van der Waals surface area contributed by atoms with Crippen LogP contribution in [0.5, 0.6) is 0 Å². The Balaban J connectivity index is 2.49. The van der Waals surface area contributed by atoms with Gasteiger partial charge in [-0.1, -0.05) is 24.3 Å². The van der Waals surface area contributed by atoms with Crippen LogP contribution in [0.4, 0.5) is 0 Å². The van der Waals surface area contributed by atoms with Crippen LogP contribution in [0.2, 0.25) is 0 Å². The van der Waals surface area contributed by atoms with Gasteiger partial charge in [0.25, 0.3) is 10.0 Å². The number of carbonyl (C=O) groups is 1. The lowest BCUT2D eigenvalue weighted by Crippen LogP contribution is -2.18. The molecular formula is C13H13NO4S. The van der Waals surface area contributed by atoms with E-state index in [9.17, 15) is 13.2 Å². The first-order valence-electron chi connectivity index (χ1n) is 5.58. The van der Waals surface area contributed by atoms with E-state index in [1.54, 1.807) is 30.3 Å². The minimum absolute atomic E-state index is 0.0400.